The summed E-state index contributed by atoms with van der Waals surface area (Å²) in [5.41, 5.74) is 1.06. The number of benzene rings is 2. The molecule has 0 heterocycles. The van der Waals surface area contributed by atoms with Crippen molar-refractivity contribution in [3.63, 3.8) is 0 Å². The molecule has 2 nitrogen and oxygen atoms in total. The Bertz CT molecular complexity index is 733. The molecule has 0 fully saturated rings. The summed E-state index contributed by atoms with van der Waals surface area (Å²) in [5.74, 6) is 0. The van der Waals surface area contributed by atoms with E-state index in [1.54, 1.807) is 0 Å². The van der Waals surface area contributed by atoms with Gasteiger partial charge in [0.05, 0.1) is 12.2 Å². The maximum Gasteiger partial charge on any atom is 0.416 e. The van der Waals surface area contributed by atoms with Gasteiger partial charge in [0, 0.05) is 44.9 Å². The van der Waals surface area contributed by atoms with E-state index in [2.05, 4.69) is 49.7 Å². The first-order valence-electron chi connectivity index (χ1n) is 8.97. The summed E-state index contributed by atoms with van der Waals surface area (Å²) in [6.07, 6.45) is -2.16. The molecule has 7 heteroatoms. The third-order valence-electron chi connectivity index (χ3n) is 4.39. The Morgan fingerprint density at radius 1 is 1.11 bits per heavy atom. The Hall–Kier alpha value is -0.716. The molecular formula is C21H26F3N2SY-. The van der Waals surface area contributed by atoms with Gasteiger partial charge in [0.15, 0.2) is 0 Å². The number of rotatable bonds is 8. The minimum atomic E-state index is -4.32. The van der Waals surface area contributed by atoms with Crippen molar-refractivity contribution in [3.8, 4) is 0 Å². The van der Waals surface area contributed by atoms with Crippen molar-refractivity contribution in [2.24, 2.45) is 5.41 Å². The van der Waals surface area contributed by atoms with Gasteiger partial charge in [0.2, 0.25) is 0 Å². The van der Waals surface area contributed by atoms with Gasteiger partial charge in [-0.2, -0.15) is 31.4 Å². The average molecular weight is 484 g/mol. The Kier molecular flexibility index (Phi) is 9.85. The Labute approximate surface area is 196 Å². The van der Waals surface area contributed by atoms with E-state index in [0.29, 0.717) is 12.4 Å². The van der Waals surface area contributed by atoms with Crippen molar-refractivity contribution in [2.45, 2.75) is 44.7 Å². The van der Waals surface area contributed by atoms with Crippen LogP contribution in [0.2, 0.25) is 0 Å². The molecule has 0 saturated carbocycles. The zero-order valence-electron chi connectivity index (χ0n) is 16.5. The number of alkyl halides is 3. The zero-order valence-corrected chi connectivity index (χ0v) is 20.2. The summed E-state index contributed by atoms with van der Waals surface area (Å²) in [7, 11) is 0. The molecule has 151 valence electrons. The largest absolute Gasteiger partial charge is 0.416 e. The van der Waals surface area contributed by atoms with E-state index in [4.69, 9.17) is 0 Å². The van der Waals surface area contributed by atoms with E-state index in [1.807, 2.05) is 18.2 Å². The Morgan fingerprint density at radius 3 is 2.29 bits per heavy atom. The molecule has 1 N–H and O–H groups in total. The second-order valence-corrected chi connectivity index (χ2v) is 7.92. The molecule has 0 bridgehead atoms. The SMILES string of the molecule is CCCC(C)(C)CN(CNc1ccc(C(F)(F)F)cc1)c1cc[c-]cc1S.[Y]. The first-order chi connectivity index (χ1) is 12.6. The molecule has 0 aliphatic heterocycles. The van der Waals surface area contributed by atoms with Crippen molar-refractivity contribution >= 4 is 24.0 Å². The van der Waals surface area contributed by atoms with Crippen LogP contribution in [0.3, 0.4) is 0 Å². The number of thiol groups is 1. The molecule has 0 aliphatic carbocycles. The van der Waals surface area contributed by atoms with Crippen molar-refractivity contribution in [1.82, 2.24) is 0 Å². The molecular weight excluding hydrogens is 458 g/mol. The summed E-state index contributed by atoms with van der Waals surface area (Å²) >= 11 is 4.54. The summed E-state index contributed by atoms with van der Waals surface area (Å²) < 4.78 is 38.2. The minimum Gasteiger partial charge on any atom is -0.375 e. The van der Waals surface area contributed by atoms with Crippen LogP contribution in [0, 0.1) is 11.5 Å². The van der Waals surface area contributed by atoms with E-state index in [9.17, 15) is 13.2 Å². The minimum absolute atomic E-state index is 0. The molecule has 0 saturated heterocycles. The van der Waals surface area contributed by atoms with Crippen LogP contribution >= 0.6 is 12.6 Å². The van der Waals surface area contributed by atoms with Gasteiger partial charge in [0.25, 0.3) is 0 Å². The number of hydrogen-bond donors (Lipinski definition) is 2. The van der Waals surface area contributed by atoms with Gasteiger partial charge >= 0.3 is 6.18 Å². The molecule has 0 unspecified atom stereocenters. The topological polar surface area (TPSA) is 15.3 Å². The number of nitrogens with zero attached hydrogens (tertiary/aromatic N) is 1. The second-order valence-electron chi connectivity index (χ2n) is 7.44. The molecule has 0 aliphatic rings. The maximum absolute atomic E-state index is 12.7. The van der Waals surface area contributed by atoms with Crippen LogP contribution in [0.5, 0.6) is 0 Å². The van der Waals surface area contributed by atoms with Crippen LogP contribution in [-0.2, 0) is 38.9 Å². The van der Waals surface area contributed by atoms with E-state index in [-0.39, 0.29) is 38.1 Å². The first kappa shape index (κ1) is 25.3. The number of hydrogen-bond acceptors (Lipinski definition) is 3. The molecule has 0 aromatic heterocycles. The first-order valence-corrected chi connectivity index (χ1v) is 9.42. The summed E-state index contributed by atoms with van der Waals surface area (Å²) in [4.78, 5) is 2.99. The smallest absolute Gasteiger partial charge is 0.375 e. The molecule has 0 amide bonds. The van der Waals surface area contributed by atoms with E-state index < -0.39 is 11.7 Å². The Balaban J connectivity index is 0.00000392. The summed E-state index contributed by atoms with van der Waals surface area (Å²) in [6.45, 7) is 7.86. The number of anilines is 2. The molecule has 0 spiro atoms. The zero-order chi connectivity index (χ0) is 20.1. The van der Waals surface area contributed by atoms with Gasteiger partial charge < -0.3 is 10.2 Å². The van der Waals surface area contributed by atoms with Crippen LogP contribution in [0.1, 0.15) is 39.2 Å². The van der Waals surface area contributed by atoms with Crippen LogP contribution in [-0.4, -0.2) is 13.2 Å². The van der Waals surface area contributed by atoms with Crippen molar-refractivity contribution in [3.05, 3.63) is 54.1 Å². The molecule has 1 radical (unpaired) electrons. The van der Waals surface area contributed by atoms with Crippen LogP contribution in [0.4, 0.5) is 24.5 Å². The van der Waals surface area contributed by atoms with Gasteiger partial charge in [-0.1, -0.05) is 37.8 Å². The number of nitrogens with one attached hydrogen (secondary N) is 1. The van der Waals surface area contributed by atoms with Crippen LogP contribution in [0.15, 0.2) is 47.4 Å². The maximum atomic E-state index is 12.7. The van der Waals surface area contributed by atoms with Crippen molar-refractivity contribution < 1.29 is 45.9 Å². The number of halogens is 3. The quantitative estimate of drug-likeness (QED) is 0.253. The van der Waals surface area contributed by atoms with Gasteiger partial charge in [-0.05, 0) is 36.1 Å². The average Bonchev–Trinajstić information content (AvgIpc) is 2.58. The van der Waals surface area contributed by atoms with Crippen molar-refractivity contribution in [1.29, 1.82) is 0 Å². The molecule has 2 rings (SSSR count). The van der Waals surface area contributed by atoms with Gasteiger partial charge in [-0.3, -0.25) is 0 Å². The fraction of sp³-hybridized carbons (Fsp3) is 0.429. The standard InChI is InChI=1S/C21H26F3N2S.Y/c1-4-13-20(2,3)14-26(18-7-5-6-8-19(18)27)15-25-17-11-9-16(10-12-17)21(22,23)24;/h5,7-12,25,27H,4,13-15H2,1-3H3;/q-1;. The molecule has 2 aromatic carbocycles. The third-order valence-corrected chi connectivity index (χ3v) is 4.75. The van der Waals surface area contributed by atoms with Crippen LogP contribution in [0.25, 0.3) is 0 Å². The predicted molar refractivity (Wildman–Crippen MR) is 108 cm³/mol. The van der Waals surface area contributed by atoms with Crippen LogP contribution < -0.4 is 10.2 Å². The van der Waals surface area contributed by atoms with Crippen molar-refractivity contribution in [2.75, 3.05) is 23.4 Å². The van der Waals surface area contributed by atoms with E-state index in [0.717, 1.165) is 42.1 Å². The van der Waals surface area contributed by atoms with Gasteiger partial charge in [-0.25, -0.2) is 12.6 Å². The Morgan fingerprint density at radius 2 is 1.75 bits per heavy atom. The van der Waals surface area contributed by atoms with Gasteiger partial charge in [0.1, 0.15) is 0 Å². The molecule has 28 heavy (non-hydrogen) atoms. The summed E-state index contributed by atoms with van der Waals surface area (Å²) in [6, 6.07) is 13.7. The predicted octanol–water partition coefficient (Wildman–Crippen LogP) is 6.49. The summed E-state index contributed by atoms with van der Waals surface area (Å²) in [5, 5.41) is 3.23. The molecule has 0 atom stereocenters. The normalized spacial score (nSPS) is 11.7. The van der Waals surface area contributed by atoms with E-state index >= 15 is 0 Å². The fourth-order valence-electron chi connectivity index (χ4n) is 3.14. The van der Waals surface area contributed by atoms with E-state index in [1.165, 1.54) is 12.1 Å². The second kappa shape index (κ2) is 10.9. The monoisotopic (exact) mass is 484 g/mol. The molecule has 2 aromatic rings. The van der Waals surface area contributed by atoms with Gasteiger partial charge in [-0.15, -0.1) is 6.07 Å². The third kappa shape index (κ3) is 7.60. The fourth-order valence-corrected chi connectivity index (χ4v) is 3.43.